The Kier molecular flexibility index (Phi) is 3.62. The maximum atomic E-state index is 12.5. The molecule has 2 rings (SSSR count). The Morgan fingerprint density at radius 1 is 1.47 bits per heavy atom. The fourth-order valence-electron chi connectivity index (χ4n) is 1.69. The summed E-state index contributed by atoms with van der Waals surface area (Å²) >= 11 is 4.98. The lowest BCUT2D eigenvalue weighted by Gasteiger charge is -2.38. The first-order valence-corrected chi connectivity index (χ1v) is 5.69. The normalized spacial score (nSPS) is 18.1. The summed E-state index contributed by atoms with van der Waals surface area (Å²) in [6.45, 7) is 0.126. The number of nitrogens with zero attached hydrogens (tertiary/aromatic N) is 3. The molecule has 0 saturated carbocycles. The number of likely N-dealkylation sites (tertiary alicyclic amines) is 1. The van der Waals surface area contributed by atoms with Gasteiger partial charge in [-0.1, -0.05) is 11.6 Å². The van der Waals surface area contributed by atoms with Gasteiger partial charge < -0.3 is 4.90 Å². The van der Waals surface area contributed by atoms with Crippen LogP contribution < -0.4 is 0 Å². The van der Waals surface area contributed by atoms with Gasteiger partial charge in [0.05, 0.1) is 5.92 Å². The van der Waals surface area contributed by atoms with Crippen LogP contribution in [0.4, 0.5) is 17.6 Å². The summed E-state index contributed by atoms with van der Waals surface area (Å²) in [4.78, 5) is 19.4. The van der Waals surface area contributed by atoms with E-state index in [0.29, 0.717) is 0 Å². The molecule has 1 fully saturated rings. The first-order chi connectivity index (χ1) is 8.79. The quantitative estimate of drug-likeness (QED) is 0.619. The van der Waals surface area contributed by atoms with Gasteiger partial charge in [-0.25, -0.2) is 14.4 Å². The monoisotopic (exact) mass is 297 g/mol. The van der Waals surface area contributed by atoms with Gasteiger partial charge in [0.2, 0.25) is 0 Å². The molecule has 4 nitrogen and oxygen atoms in total. The van der Waals surface area contributed by atoms with Crippen LogP contribution in [0.5, 0.6) is 0 Å². The average molecular weight is 298 g/mol. The van der Waals surface area contributed by atoms with Gasteiger partial charge >= 0.3 is 6.18 Å². The third-order valence-electron chi connectivity index (χ3n) is 2.71. The van der Waals surface area contributed by atoms with Gasteiger partial charge in [-0.3, -0.25) is 4.79 Å². The molecule has 9 heteroatoms. The Morgan fingerprint density at radius 3 is 2.63 bits per heavy atom. The van der Waals surface area contributed by atoms with E-state index >= 15 is 0 Å². The number of carbonyl (C=O) groups is 1. The number of alkyl halides is 5. The maximum absolute atomic E-state index is 12.5. The molecule has 0 spiro atoms. The molecular weight excluding hydrogens is 290 g/mol. The van der Waals surface area contributed by atoms with Crippen molar-refractivity contribution in [3.63, 3.8) is 0 Å². The second-order valence-electron chi connectivity index (χ2n) is 4.04. The van der Waals surface area contributed by atoms with Crippen molar-refractivity contribution in [1.29, 1.82) is 0 Å². The minimum atomic E-state index is -4.54. The first-order valence-electron chi connectivity index (χ1n) is 5.26. The predicted molar refractivity (Wildman–Crippen MR) is 57.1 cm³/mol. The van der Waals surface area contributed by atoms with E-state index in [2.05, 4.69) is 9.97 Å². The summed E-state index contributed by atoms with van der Waals surface area (Å²) < 4.78 is 49.8. The molecule has 2 heterocycles. The fourth-order valence-corrected chi connectivity index (χ4v) is 1.83. The lowest BCUT2D eigenvalue weighted by molar-refractivity contribution is -0.142. The van der Waals surface area contributed by atoms with Crippen LogP contribution in [0.1, 0.15) is 17.4 Å². The van der Waals surface area contributed by atoms with Crippen molar-refractivity contribution in [2.24, 2.45) is 0 Å². The van der Waals surface area contributed by atoms with E-state index in [1.807, 2.05) is 0 Å². The molecule has 0 N–H and O–H groups in total. The molecule has 1 aromatic rings. The smallest absolute Gasteiger partial charge is 0.337 e. The third kappa shape index (κ3) is 2.94. The molecule has 0 radical (unpaired) electrons. The van der Waals surface area contributed by atoms with Crippen molar-refractivity contribution in [3.05, 3.63) is 23.8 Å². The summed E-state index contributed by atoms with van der Waals surface area (Å²) in [5.74, 6) is -1.34. The average Bonchev–Trinajstić information content (AvgIpc) is 2.26. The van der Waals surface area contributed by atoms with Crippen LogP contribution >= 0.6 is 11.6 Å². The first kappa shape index (κ1) is 14.0. The van der Waals surface area contributed by atoms with Gasteiger partial charge in [0.15, 0.2) is 0 Å². The van der Waals surface area contributed by atoms with E-state index in [1.54, 1.807) is 0 Å². The van der Waals surface area contributed by atoms with Crippen LogP contribution in [0, 0.1) is 0 Å². The fraction of sp³-hybridized carbons (Fsp3) is 0.500. The molecule has 1 unspecified atom stereocenters. The molecule has 1 aromatic heterocycles. The van der Waals surface area contributed by atoms with Crippen molar-refractivity contribution in [2.75, 3.05) is 13.1 Å². The molecule has 0 aliphatic carbocycles. The standard InChI is InChI=1S/C10H8ClF4N3O/c11-7(12)9(19)18-3-5(4-18)8-16-2-1-6(17-8)10(13,14)15/h1-2,5,7H,3-4H2. The maximum Gasteiger partial charge on any atom is 0.433 e. The second kappa shape index (κ2) is 4.92. The summed E-state index contributed by atoms with van der Waals surface area (Å²) in [6.07, 6.45) is -3.54. The molecule has 0 bridgehead atoms. The Labute approximate surface area is 110 Å². The summed E-state index contributed by atoms with van der Waals surface area (Å²) in [6, 6.07) is 0.765. The molecule has 1 amide bonds. The van der Waals surface area contributed by atoms with Crippen LogP contribution in [0.2, 0.25) is 0 Å². The lowest BCUT2D eigenvalue weighted by atomic mass is 9.99. The van der Waals surface area contributed by atoms with Gasteiger partial charge in [0.1, 0.15) is 11.5 Å². The van der Waals surface area contributed by atoms with E-state index in [9.17, 15) is 22.4 Å². The van der Waals surface area contributed by atoms with Crippen molar-refractivity contribution >= 4 is 17.5 Å². The summed E-state index contributed by atoms with van der Waals surface area (Å²) in [5, 5.41) is 0. The molecule has 104 valence electrons. The van der Waals surface area contributed by atoms with Crippen molar-refractivity contribution < 1.29 is 22.4 Å². The number of hydrogen-bond donors (Lipinski definition) is 0. The SMILES string of the molecule is O=C(C(F)Cl)N1CC(c2nccc(C(F)(F)F)n2)C1. The zero-order valence-electron chi connectivity index (χ0n) is 9.36. The number of hydrogen-bond acceptors (Lipinski definition) is 3. The van der Waals surface area contributed by atoms with Crippen LogP contribution in [0.15, 0.2) is 12.3 Å². The van der Waals surface area contributed by atoms with Gasteiger partial charge in [-0.2, -0.15) is 13.2 Å². The van der Waals surface area contributed by atoms with Crippen molar-refractivity contribution in [1.82, 2.24) is 14.9 Å². The summed E-state index contributed by atoms with van der Waals surface area (Å²) in [5.41, 5.74) is -3.17. The van der Waals surface area contributed by atoms with Crippen LogP contribution in [-0.2, 0) is 11.0 Å². The topological polar surface area (TPSA) is 46.1 Å². The highest BCUT2D eigenvalue weighted by atomic mass is 35.5. The van der Waals surface area contributed by atoms with E-state index in [0.717, 1.165) is 17.2 Å². The minimum Gasteiger partial charge on any atom is -0.337 e. The zero-order valence-corrected chi connectivity index (χ0v) is 10.1. The zero-order chi connectivity index (χ0) is 14.2. The lowest BCUT2D eigenvalue weighted by Crippen LogP contribution is -2.51. The molecule has 1 saturated heterocycles. The molecular formula is C10H8ClF4N3O. The number of aromatic nitrogens is 2. The highest BCUT2D eigenvalue weighted by Crippen LogP contribution is 2.30. The number of amides is 1. The van der Waals surface area contributed by atoms with E-state index in [1.165, 1.54) is 0 Å². The highest BCUT2D eigenvalue weighted by Gasteiger charge is 2.38. The molecule has 1 aliphatic heterocycles. The largest absolute Gasteiger partial charge is 0.433 e. The Bertz CT molecular complexity index is 488. The summed E-state index contributed by atoms with van der Waals surface area (Å²) in [7, 11) is 0. The van der Waals surface area contributed by atoms with E-state index in [4.69, 9.17) is 11.6 Å². The van der Waals surface area contributed by atoms with Gasteiger partial charge in [0, 0.05) is 19.3 Å². The van der Waals surface area contributed by atoms with E-state index in [-0.39, 0.29) is 18.9 Å². The molecule has 19 heavy (non-hydrogen) atoms. The van der Waals surface area contributed by atoms with Crippen molar-refractivity contribution in [3.8, 4) is 0 Å². The minimum absolute atomic E-state index is 0.0103. The highest BCUT2D eigenvalue weighted by molar-refractivity contribution is 6.29. The van der Waals surface area contributed by atoms with Crippen molar-refractivity contribution in [2.45, 2.75) is 17.7 Å². The van der Waals surface area contributed by atoms with Gasteiger partial charge in [-0.15, -0.1) is 0 Å². The Balaban J connectivity index is 2.04. The van der Waals surface area contributed by atoms with Gasteiger partial charge in [0.25, 0.3) is 11.5 Å². The third-order valence-corrected chi connectivity index (χ3v) is 2.90. The van der Waals surface area contributed by atoms with E-state index < -0.39 is 29.3 Å². The molecule has 1 atom stereocenters. The molecule has 1 aliphatic rings. The Hall–Kier alpha value is -1.44. The predicted octanol–water partition coefficient (Wildman–Crippen LogP) is 1.96. The molecule has 0 aromatic carbocycles. The van der Waals surface area contributed by atoms with Crippen LogP contribution in [0.3, 0.4) is 0 Å². The van der Waals surface area contributed by atoms with Crippen LogP contribution in [0.25, 0.3) is 0 Å². The van der Waals surface area contributed by atoms with Crippen LogP contribution in [-0.4, -0.2) is 39.5 Å². The number of rotatable bonds is 2. The van der Waals surface area contributed by atoms with Gasteiger partial charge in [-0.05, 0) is 6.07 Å². The second-order valence-corrected chi connectivity index (χ2v) is 4.42. The number of carbonyl (C=O) groups excluding carboxylic acids is 1. The Morgan fingerprint density at radius 2 is 2.11 bits per heavy atom. The number of halogens is 5.